The van der Waals surface area contributed by atoms with E-state index in [2.05, 4.69) is 35.5 Å². The first-order chi connectivity index (χ1) is 8.79. The van der Waals surface area contributed by atoms with Gasteiger partial charge in [-0.05, 0) is 0 Å². The van der Waals surface area contributed by atoms with Gasteiger partial charge in [-0.25, -0.2) is 0 Å². The number of rotatable bonds is 10. The van der Waals surface area contributed by atoms with Crippen molar-refractivity contribution in [3.8, 4) is 0 Å². The Morgan fingerprint density at radius 3 is 1.78 bits per heavy atom. The molecule has 0 aromatic heterocycles. The third-order valence-corrected chi connectivity index (χ3v) is 20.9. The van der Waals surface area contributed by atoms with E-state index in [4.69, 9.17) is 0 Å². The molecule has 1 heterocycles. The van der Waals surface area contributed by atoms with Gasteiger partial charge in [0, 0.05) is 0 Å². The van der Waals surface area contributed by atoms with Crippen LogP contribution in [0.4, 0.5) is 0 Å². The molecule has 18 heavy (non-hydrogen) atoms. The summed E-state index contributed by atoms with van der Waals surface area (Å²) in [6, 6.07) is 0. The molecule has 0 fully saturated rings. The van der Waals surface area contributed by atoms with Crippen molar-refractivity contribution in [2.24, 2.45) is 0 Å². The average Bonchev–Trinajstić information content (AvgIpc) is 2.93. The minimum absolute atomic E-state index is 1.27. The molecule has 0 N–H and O–H groups in total. The summed E-state index contributed by atoms with van der Waals surface area (Å²) >= 11 is -0.0423. The number of nitrogens with zero attached hydrogens (tertiary/aromatic N) is 1. The summed E-state index contributed by atoms with van der Waals surface area (Å²) in [4.78, 5) is 0. The summed E-state index contributed by atoms with van der Waals surface area (Å²) in [7, 11) is 0. The molecule has 1 rings (SSSR count). The fourth-order valence-corrected chi connectivity index (χ4v) is 21.4. The fraction of sp³-hybridized carbons (Fsp3) is 0.867. The van der Waals surface area contributed by atoms with E-state index in [0.29, 0.717) is 0 Å². The third-order valence-electron chi connectivity index (χ3n) is 4.15. The molecule has 0 saturated heterocycles. The second-order valence-electron chi connectivity index (χ2n) is 5.59. The van der Waals surface area contributed by atoms with E-state index >= 15 is 0 Å². The Balaban J connectivity index is 2.72. The van der Waals surface area contributed by atoms with Gasteiger partial charge >= 0.3 is 124 Å². The molecular formula is C15H31NSSn. The van der Waals surface area contributed by atoms with Gasteiger partial charge in [0.25, 0.3) is 0 Å². The minimum atomic E-state index is -2.05. The van der Waals surface area contributed by atoms with Crippen molar-refractivity contribution in [1.82, 2.24) is 3.12 Å². The average molecular weight is 376 g/mol. The van der Waals surface area contributed by atoms with E-state index in [9.17, 15) is 0 Å². The van der Waals surface area contributed by atoms with Crippen LogP contribution < -0.4 is 0 Å². The zero-order chi connectivity index (χ0) is 13.3. The van der Waals surface area contributed by atoms with Gasteiger partial charge in [0.2, 0.25) is 0 Å². The molecule has 1 nitrogen and oxygen atoms in total. The maximum absolute atomic E-state index is 2.86. The zero-order valence-corrected chi connectivity index (χ0v) is 16.3. The number of hydrogen-bond acceptors (Lipinski definition) is 2. The monoisotopic (exact) mass is 377 g/mol. The van der Waals surface area contributed by atoms with Gasteiger partial charge in [-0.3, -0.25) is 0 Å². The molecule has 1 aliphatic rings. The fourth-order valence-electron chi connectivity index (χ4n) is 2.90. The Morgan fingerprint density at radius 1 is 0.944 bits per heavy atom. The number of hydrogen-bond donors (Lipinski definition) is 0. The molecule has 0 bridgehead atoms. The van der Waals surface area contributed by atoms with Gasteiger partial charge < -0.3 is 0 Å². The van der Waals surface area contributed by atoms with Gasteiger partial charge in [-0.15, -0.1) is 0 Å². The van der Waals surface area contributed by atoms with Crippen LogP contribution in [0.3, 0.4) is 0 Å². The van der Waals surface area contributed by atoms with Crippen molar-refractivity contribution in [3.63, 3.8) is 0 Å². The van der Waals surface area contributed by atoms with Crippen LogP contribution in [0, 0.1) is 0 Å². The molecule has 0 radical (unpaired) electrons. The second kappa shape index (κ2) is 9.57. The predicted molar refractivity (Wildman–Crippen MR) is 88.3 cm³/mol. The third kappa shape index (κ3) is 4.99. The first-order valence-electron chi connectivity index (χ1n) is 7.84. The van der Waals surface area contributed by atoms with Crippen LogP contribution in [-0.4, -0.2) is 27.6 Å². The van der Waals surface area contributed by atoms with Crippen LogP contribution in [0.2, 0.25) is 13.3 Å². The molecule has 0 atom stereocenters. The summed E-state index contributed by atoms with van der Waals surface area (Å²) in [6.45, 7) is 7.06. The van der Waals surface area contributed by atoms with E-state index in [-0.39, 0.29) is 0 Å². The maximum atomic E-state index is 2.86. The first kappa shape index (κ1) is 16.7. The van der Waals surface area contributed by atoms with Crippen LogP contribution in [0.25, 0.3) is 0 Å². The van der Waals surface area contributed by atoms with Crippen molar-refractivity contribution in [2.75, 3.05) is 5.88 Å². The Morgan fingerprint density at radius 2 is 1.44 bits per heavy atom. The SMILES string of the molecule is CCC[CH2][Sn]([CH2]CCC)([CH2]CCC)[N]1C=CSC1. The summed E-state index contributed by atoms with van der Waals surface area (Å²) in [5.74, 6) is 1.27. The van der Waals surface area contributed by atoms with Gasteiger partial charge in [0.05, 0.1) is 0 Å². The Labute approximate surface area is 123 Å². The Bertz CT molecular complexity index is 221. The number of unbranched alkanes of at least 4 members (excludes halogenated alkanes) is 3. The predicted octanol–water partition coefficient (Wildman–Crippen LogP) is 5.81. The van der Waals surface area contributed by atoms with E-state index in [1.807, 2.05) is 11.8 Å². The molecule has 0 aromatic carbocycles. The zero-order valence-electron chi connectivity index (χ0n) is 12.6. The van der Waals surface area contributed by atoms with Gasteiger partial charge in [0.1, 0.15) is 0 Å². The molecule has 106 valence electrons. The van der Waals surface area contributed by atoms with Crippen molar-refractivity contribution in [3.05, 3.63) is 11.6 Å². The van der Waals surface area contributed by atoms with Crippen LogP contribution in [0.15, 0.2) is 11.6 Å². The van der Waals surface area contributed by atoms with Crippen LogP contribution in [0.5, 0.6) is 0 Å². The molecule has 0 spiro atoms. The summed E-state index contributed by atoms with van der Waals surface area (Å²) in [6.07, 6.45) is 11.0. The summed E-state index contributed by atoms with van der Waals surface area (Å²) < 4.78 is 7.64. The van der Waals surface area contributed by atoms with Gasteiger partial charge in [-0.2, -0.15) is 0 Å². The normalized spacial score (nSPS) is 15.6. The van der Waals surface area contributed by atoms with Crippen molar-refractivity contribution in [1.29, 1.82) is 0 Å². The standard InChI is InChI=1S/3C4H9.C3H4NS.Sn/c3*1-3-4-2;1-2-5-3-4-1;/h3*1,3-4H2,2H3;1-2H,3H2;/q;;;-1;+1. The van der Waals surface area contributed by atoms with Gasteiger partial charge in [-0.1, -0.05) is 0 Å². The molecule has 0 unspecified atom stereocenters. The topological polar surface area (TPSA) is 3.24 Å². The van der Waals surface area contributed by atoms with Crippen molar-refractivity contribution in [2.45, 2.75) is 72.6 Å². The Hall–Kier alpha value is 0.689. The van der Waals surface area contributed by atoms with Crippen molar-refractivity contribution >= 4 is 30.4 Å². The molecule has 3 heteroatoms. The molecule has 0 aliphatic carbocycles. The quantitative estimate of drug-likeness (QED) is 0.443. The molecule has 0 amide bonds. The first-order valence-corrected chi connectivity index (χ1v) is 16.2. The van der Waals surface area contributed by atoms with Crippen LogP contribution >= 0.6 is 11.8 Å². The molecule has 0 saturated carbocycles. The van der Waals surface area contributed by atoms with Crippen LogP contribution in [-0.2, 0) is 0 Å². The van der Waals surface area contributed by atoms with E-state index < -0.39 is 18.7 Å². The van der Waals surface area contributed by atoms with E-state index in [0.717, 1.165) is 0 Å². The second-order valence-corrected chi connectivity index (χ2v) is 19.4. The van der Waals surface area contributed by atoms with Crippen molar-refractivity contribution < 1.29 is 0 Å². The Kier molecular flexibility index (Phi) is 8.90. The van der Waals surface area contributed by atoms with Gasteiger partial charge in [0.15, 0.2) is 0 Å². The summed E-state index contributed by atoms with van der Waals surface area (Å²) in [5, 5.41) is 2.33. The molecule has 1 aliphatic heterocycles. The van der Waals surface area contributed by atoms with Crippen LogP contribution in [0.1, 0.15) is 59.3 Å². The van der Waals surface area contributed by atoms with E-state index in [1.54, 1.807) is 13.3 Å². The summed E-state index contributed by atoms with van der Waals surface area (Å²) in [5.41, 5.74) is 0. The molecular weight excluding hydrogens is 345 g/mol. The molecule has 0 aromatic rings. The van der Waals surface area contributed by atoms with E-state index in [1.165, 1.54) is 44.4 Å². The number of thioether (sulfide) groups is 1.